The lowest BCUT2D eigenvalue weighted by Gasteiger charge is -2.29. The van der Waals surface area contributed by atoms with E-state index in [9.17, 15) is 0 Å². The quantitative estimate of drug-likeness (QED) is 0.568. The van der Waals surface area contributed by atoms with Crippen molar-refractivity contribution in [3.8, 4) is 0 Å². The van der Waals surface area contributed by atoms with Crippen LogP contribution in [-0.2, 0) is 0 Å². The highest BCUT2D eigenvalue weighted by Gasteiger charge is 2.45. The number of fused-ring (bicyclic) bond motifs is 2. The van der Waals surface area contributed by atoms with Crippen LogP contribution in [0.2, 0.25) is 0 Å². The Bertz CT molecular complexity index is 123. The Labute approximate surface area is 70.4 Å². The molecule has 11 heavy (non-hydrogen) atoms. The van der Waals surface area contributed by atoms with Crippen molar-refractivity contribution in [2.45, 2.75) is 46.0 Å². The third-order valence-corrected chi connectivity index (χ3v) is 4.22. The monoisotopic (exact) mass is 152 g/mol. The molecule has 2 rings (SSSR count). The second-order valence-electron chi connectivity index (χ2n) is 4.48. The highest BCUT2D eigenvalue weighted by Crippen LogP contribution is 2.54. The molecule has 0 N–H and O–H groups in total. The van der Waals surface area contributed by atoms with E-state index >= 15 is 0 Å². The van der Waals surface area contributed by atoms with E-state index in [0.717, 1.165) is 23.7 Å². The summed E-state index contributed by atoms with van der Waals surface area (Å²) in [5.74, 6) is 4.49. The van der Waals surface area contributed by atoms with Gasteiger partial charge in [0.2, 0.25) is 0 Å². The lowest BCUT2D eigenvalue weighted by Crippen LogP contribution is -2.20. The first-order valence-corrected chi connectivity index (χ1v) is 5.36. The largest absolute Gasteiger partial charge is 0.0651 e. The molecule has 0 aromatic carbocycles. The Morgan fingerprint density at radius 1 is 0.909 bits per heavy atom. The lowest BCUT2D eigenvalue weighted by molar-refractivity contribution is 0.209. The van der Waals surface area contributed by atoms with Crippen LogP contribution < -0.4 is 0 Å². The Balaban J connectivity index is 2.08. The van der Waals surface area contributed by atoms with Crippen molar-refractivity contribution in [2.24, 2.45) is 23.7 Å². The van der Waals surface area contributed by atoms with Crippen LogP contribution in [0.25, 0.3) is 0 Å². The summed E-state index contributed by atoms with van der Waals surface area (Å²) < 4.78 is 0. The predicted molar refractivity (Wildman–Crippen MR) is 48.4 cm³/mol. The molecule has 0 aromatic heterocycles. The maximum Gasteiger partial charge on any atom is -0.0357 e. The van der Waals surface area contributed by atoms with Gasteiger partial charge < -0.3 is 0 Å². The fourth-order valence-electron chi connectivity index (χ4n) is 3.80. The van der Waals surface area contributed by atoms with Gasteiger partial charge in [-0.15, -0.1) is 0 Å². The van der Waals surface area contributed by atoms with Gasteiger partial charge in [0.15, 0.2) is 0 Å². The number of rotatable bonds is 2. The lowest BCUT2D eigenvalue weighted by atomic mass is 9.77. The summed E-state index contributed by atoms with van der Waals surface area (Å²) in [6.07, 6.45) is 7.58. The van der Waals surface area contributed by atoms with Gasteiger partial charge in [-0.25, -0.2) is 0 Å². The first-order valence-electron chi connectivity index (χ1n) is 5.36. The SMILES string of the molecule is CC[C@@H]1C2CCC(C2)[C@@H]1CC. The molecule has 64 valence electrons. The zero-order valence-electron chi connectivity index (χ0n) is 7.84. The predicted octanol–water partition coefficient (Wildman–Crippen LogP) is 3.47. The summed E-state index contributed by atoms with van der Waals surface area (Å²) in [5.41, 5.74) is 0. The molecule has 2 fully saturated rings. The molecule has 2 bridgehead atoms. The summed E-state index contributed by atoms with van der Waals surface area (Å²) in [6.45, 7) is 4.77. The van der Waals surface area contributed by atoms with E-state index in [1.54, 1.807) is 19.3 Å². The molecule has 0 heterocycles. The highest BCUT2D eigenvalue weighted by molar-refractivity contribution is 4.94. The van der Waals surface area contributed by atoms with Crippen molar-refractivity contribution >= 4 is 0 Å². The minimum atomic E-state index is 1.11. The number of hydrogen-bond donors (Lipinski definition) is 0. The van der Waals surface area contributed by atoms with Crippen molar-refractivity contribution in [3.63, 3.8) is 0 Å². The molecular formula is C11H20. The summed E-state index contributed by atoms with van der Waals surface area (Å²) in [7, 11) is 0. The molecular weight excluding hydrogens is 132 g/mol. The Hall–Kier alpha value is 0. The van der Waals surface area contributed by atoms with Crippen LogP contribution in [0.15, 0.2) is 0 Å². The zero-order chi connectivity index (χ0) is 7.84. The molecule has 0 aliphatic heterocycles. The third kappa shape index (κ3) is 1.02. The maximum atomic E-state index is 2.38. The molecule has 0 amide bonds. The van der Waals surface area contributed by atoms with E-state index in [4.69, 9.17) is 0 Å². The topological polar surface area (TPSA) is 0 Å². The maximum absolute atomic E-state index is 2.38. The minimum absolute atomic E-state index is 1.11. The average molecular weight is 152 g/mol. The van der Waals surface area contributed by atoms with Crippen molar-refractivity contribution in [2.75, 3.05) is 0 Å². The smallest absolute Gasteiger partial charge is 0.0357 e. The van der Waals surface area contributed by atoms with Gasteiger partial charge in [0.25, 0.3) is 0 Å². The molecule has 2 aliphatic carbocycles. The van der Waals surface area contributed by atoms with Gasteiger partial charge in [0, 0.05) is 0 Å². The second kappa shape index (κ2) is 2.80. The second-order valence-corrected chi connectivity index (χ2v) is 4.48. The minimum Gasteiger partial charge on any atom is -0.0651 e. The first-order chi connectivity index (χ1) is 5.36. The van der Waals surface area contributed by atoms with Gasteiger partial charge in [-0.2, -0.15) is 0 Å². The number of hydrogen-bond acceptors (Lipinski definition) is 0. The van der Waals surface area contributed by atoms with Crippen molar-refractivity contribution in [3.05, 3.63) is 0 Å². The molecule has 0 saturated heterocycles. The average Bonchev–Trinajstić information content (AvgIpc) is 2.60. The molecule has 4 atom stereocenters. The Kier molecular flexibility index (Phi) is 1.95. The van der Waals surface area contributed by atoms with E-state index in [2.05, 4.69) is 13.8 Å². The molecule has 2 unspecified atom stereocenters. The molecule has 2 saturated carbocycles. The zero-order valence-corrected chi connectivity index (χ0v) is 7.84. The molecule has 0 nitrogen and oxygen atoms in total. The Morgan fingerprint density at radius 2 is 1.36 bits per heavy atom. The van der Waals surface area contributed by atoms with Crippen LogP contribution in [0, 0.1) is 23.7 Å². The van der Waals surface area contributed by atoms with Gasteiger partial charge in [-0.3, -0.25) is 0 Å². The van der Waals surface area contributed by atoms with Crippen LogP contribution >= 0.6 is 0 Å². The van der Waals surface area contributed by atoms with E-state index < -0.39 is 0 Å². The van der Waals surface area contributed by atoms with Crippen LogP contribution in [0.4, 0.5) is 0 Å². The van der Waals surface area contributed by atoms with Gasteiger partial charge >= 0.3 is 0 Å². The molecule has 0 radical (unpaired) electrons. The van der Waals surface area contributed by atoms with Crippen LogP contribution in [0.5, 0.6) is 0 Å². The first kappa shape index (κ1) is 7.64. The Morgan fingerprint density at radius 3 is 1.73 bits per heavy atom. The van der Waals surface area contributed by atoms with Gasteiger partial charge in [-0.05, 0) is 42.9 Å². The van der Waals surface area contributed by atoms with E-state index in [-0.39, 0.29) is 0 Å². The molecule has 2 aliphatic rings. The van der Waals surface area contributed by atoms with Crippen LogP contribution in [-0.4, -0.2) is 0 Å². The fourth-order valence-corrected chi connectivity index (χ4v) is 3.80. The molecule has 0 spiro atoms. The van der Waals surface area contributed by atoms with Crippen LogP contribution in [0.3, 0.4) is 0 Å². The normalized spacial score (nSPS) is 48.5. The fraction of sp³-hybridized carbons (Fsp3) is 1.00. The van der Waals surface area contributed by atoms with Crippen molar-refractivity contribution in [1.29, 1.82) is 0 Å². The van der Waals surface area contributed by atoms with E-state index in [1.807, 2.05) is 0 Å². The third-order valence-electron chi connectivity index (χ3n) is 4.22. The molecule has 0 heteroatoms. The standard InChI is InChI=1S/C11H20/c1-3-10-8-5-6-9(7-8)11(10)4-2/h8-11H,3-7H2,1-2H3/t8?,9?,10-,11+. The van der Waals surface area contributed by atoms with Gasteiger partial charge in [0.1, 0.15) is 0 Å². The summed E-state index contributed by atoms with van der Waals surface area (Å²) in [5, 5.41) is 0. The van der Waals surface area contributed by atoms with Gasteiger partial charge in [0.05, 0.1) is 0 Å². The van der Waals surface area contributed by atoms with E-state index in [1.165, 1.54) is 12.8 Å². The van der Waals surface area contributed by atoms with Gasteiger partial charge in [-0.1, -0.05) is 26.7 Å². The summed E-state index contributed by atoms with van der Waals surface area (Å²) in [6, 6.07) is 0. The van der Waals surface area contributed by atoms with Crippen LogP contribution in [0.1, 0.15) is 46.0 Å². The highest BCUT2D eigenvalue weighted by atomic mass is 14.5. The van der Waals surface area contributed by atoms with E-state index in [0.29, 0.717) is 0 Å². The van der Waals surface area contributed by atoms with Crippen molar-refractivity contribution < 1.29 is 0 Å². The summed E-state index contributed by atoms with van der Waals surface area (Å²) in [4.78, 5) is 0. The summed E-state index contributed by atoms with van der Waals surface area (Å²) >= 11 is 0. The van der Waals surface area contributed by atoms with Crippen molar-refractivity contribution in [1.82, 2.24) is 0 Å². The molecule has 0 aromatic rings.